The van der Waals surface area contributed by atoms with Crippen molar-refractivity contribution >= 4 is 5.91 Å². The molecular weight excluding hydrogens is 412 g/mol. The van der Waals surface area contributed by atoms with E-state index in [0.29, 0.717) is 0 Å². The topological polar surface area (TPSA) is 61.8 Å². The lowest BCUT2D eigenvalue weighted by Crippen LogP contribution is -2.51. The average molecular weight is 451 g/mol. The molecule has 178 valence electrons. The number of rotatable bonds is 7. The Morgan fingerprint density at radius 2 is 1.82 bits per heavy atom. The van der Waals surface area contributed by atoms with Gasteiger partial charge in [0.2, 0.25) is 5.91 Å². The number of aliphatic hydroxyl groups excluding tert-OH is 1. The summed E-state index contributed by atoms with van der Waals surface area (Å²) < 4.78 is 5.62. The molecule has 5 nitrogen and oxygen atoms in total. The van der Waals surface area contributed by atoms with Crippen LogP contribution in [0.3, 0.4) is 0 Å². The molecule has 4 rings (SSSR count). The molecule has 2 aromatic carbocycles. The number of aliphatic hydroxyl groups is 1. The van der Waals surface area contributed by atoms with Crippen LogP contribution in [0.1, 0.15) is 49.7 Å². The summed E-state index contributed by atoms with van der Waals surface area (Å²) in [6.07, 6.45) is 6.56. The van der Waals surface area contributed by atoms with Crippen molar-refractivity contribution in [1.29, 1.82) is 0 Å². The molecule has 1 aliphatic carbocycles. The van der Waals surface area contributed by atoms with Crippen LogP contribution in [-0.4, -0.2) is 55.3 Å². The van der Waals surface area contributed by atoms with E-state index in [1.165, 1.54) is 5.56 Å². The molecule has 2 N–H and O–H groups in total. The van der Waals surface area contributed by atoms with Crippen LogP contribution >= 0.6 is 0 Å². The maximum Gasteiger partial charge on any atom is 0.226 e. The van der Waals surface area contributed by atoms with Gasteiger partial charge in [-0.2, -0.15) is 0 Å². The second kappa shape index (κ2) is 10.8. The van der Waals surface area contributed by atoms with Gasteiger partial charge in [0.05, 0.1) is 18.1 Å². The zero-order valence-electron chi connectivity index (χ0n) is 20.1. The SMILES string of the molecule is COC1CCC(Cc2cccc(-c3ccccc3CO)c2)(C(=O)NC2CCN(C)CC2)CC1. The first-order valence-electron chi connectivity index (χ1n) is 12.3. The van der Waals surface area contributed by atoms with Crippen LogP contribution in [0.25, 0.3) is 11.1 Å². The number of carbonyl (C=O) groups is 1. The number of benzene rings is 2. The van der Waals surface area contributed by atoms with E-state index in [1.54, 1.807) is 7.11 Å². The van der Waals surface area contributed by atoms with Crippen molar-refractivity contribution in [3.05, 3.63) is 59.7 Å². The molecule has 1 amide bonds. The van der Waals surface area contributed by atoms with Crippen LogP contribution in [0, 0.1) is 5.41 Å². The molecule has 0 aromatic heterocycles. The van der Waals surface area contributed by atoms with Crippen molar-refractivity contribution in [2.45, 2.75) is 63.7 Å². The zero-order chi connectivity index (χ0) is 23.3. The van der Waals surface area contributed by atoms with Crippen molar-refractivity contribution < 1.29 is 14.6 Å². The number of likely N-dealkylation sites (tertiary alicyclic amines) is 1. The van der Waals surface area contributed by atoms with Crippen LogP contribution in [0.2, 0.25) is 0 Å². The third-order valence-electron chi connectivity index (χ3n) is 7.73. The van der Waals surface area contributed by atoms with Gasteiger partial charge in [-0.1, -0.05) is 48.5 Å². The summed E-state index contributed by atoms with van der Waals surface area (Å²) in [4.78, 5) is 16.1. The zero-order valence-corrected chi connectivity index (χ0v) is 20.1. The number of ether oxygens (including phenoxy) is 1. The maximum atomic E-state index is 13.7. The van der Waals surface area contributed by atoms with Crippen molar-refractivity contribution in [1.82, 2.24) is 10.2 Å². The van der Waals surface area contributed by atoms with Crippen LogP contribution < -0.4 is 5.32 Å². The minimum atomic E-state index is -0.395. The van der Waals surface area contributed by atoms with Gasteiger partial charge in [-0.3, -0.25) is 4.79 Å². The lowest BCUT2D eigenvalue weighted by molar-refractivity contribution is -0.135. The smallest absolute Gasteiger partial charge is 0.226 e. The lowest BCUT2D eigenvalue weighted by atomic mass is 9.68. The van der Waals surface area contributed by atoms with Gasteiger partial charge in [0.1, 0.15) is 0 Å². The third-order valence-corrected chi connectivity index (χ3v) is 7.73. The van der Waals surface area contributed by atoms with Gasteiger partial charge in [-0.25, -0.2) is 0 Å². The molecule has 1 saturated carbocycles. The Labute approximate surface area is 198 Å². The Bertz CT molecular complexity index is 928. The highest BCUT2D eigenvalue weighted by Crippen LogP contribution is 2.41. The predicted octanol–water partition coefficient (Wildman–Crippen LogP) is 4.17. The van der Waals surface area contributed by atoms with E-state index < -0.39 is 5.41 Å². The molecule has 2 aliphatic rings. The van der Waals surface area contributed by atoms with E-state index in [4.69, 9.17) is 4.74 Å². The molecule has 0 radical (unpaired) electrons. The number of piperidine rings is 1. The number of methoxy groups -OCH3 is 1. The fourth-order valence-corrected chi connectivity index (χ4v) is 5.53. The van der Waals surface area contributed by atoms with Gasteiger partial charge in [0, 0.05) is 13.2 Å². The predicted molar refractivity (Wildman–Crippen MR) is 132 cm³/mol. The van der Waals surface area contributed by atoms with E-state index in [1.807, 2.05) is 18.2 Å². The van der Waals surface area contributed by atoms with Crippen molar-refractivity contribution in [2.24, 2.45) is 5.41 Å². The molecule has 2 aromatic rings. The number of amides is 1. The molecule has 33 heavy (non-hydrogen) atoms. The normalized spacial score (nSPS) is 24.5. The van der Waals surface area contributed by atoms with E-state index in [-0.39, 0.29) is 24.7 Å². The summed E-state index contributed by atoms with van der Waals surface area (Å²) in [5.74, 6) is 0.216. The summed E-state index contributed by atoms with van der Waals surface area (Å²) in [5, 5.41) is 13.2. The van der Waals surface area contributed by atoms with Crippen LogP contribution in [0.4, 0.5) is 0 Å². The highest BCUT2D eigenvalue weighted by molar-refractivity contribution is 5.83. The van der Waals surface area contributed by atoms with Gasteiger partial charge < -0.3 is 20.1 Å². The number of nitrogens with one attached hydrogen (secondary N) is 1. The number of carbonyl (C=O) groups excluding carboxylic acids is 1. The Kier molecular flexibility index (Phi) is 7.84. The van der Waals surface area contributed by atoms with Crippen LogP contribution in [0.5, 0.6) is 0 Å². The largest absolute Gasteiger partial charge is 0.392 e. The molecule has 0 atom stereocenters. The summed E-state index contributed by atoms with van der Waals surface area (Å²) >= 11 is 0. The first-order chi connectivity index (χ1) is 16.0. The first-order valence-corrected chi connectivity index (χ1v) is 12.3. The van der Waals surface area contributed by atoms with Gasteiger partial charge in [0.15, 0.2) is 0 Å². The molecular formula is C28H38N2O3. The van der Waals surface area contributed by atoms with E-state index in [2.05, 4.69) is 47.6 Å². The molecule has 0 unspecified atom stereocenters. The standard InChI is InChI=1S/C28H38N2O3/c1-30-16-12-24(13-17-30)29-27(32)28(14-10-25(33-2)11-15-28)19-21-6-5-8-22(18-21)26-9-4-3-7-23(26)20-31/h3-9,18,24-25,31H,10-17,19-20H2,1-2H3,(H,29,32). The van der Waals surface area contributed by atoms with Crippen LogP contribution in [-0.2, 0) is 22.6 Å². The second-order valence-corrected chi connectivity index (χ2v) is 9.96. The molecule has 0 bridgehead atoms. The Morgan fingerprint density at radius 1 is 1.09 bits per heavy atom. The molecule has 0 spiro atoms. The van der Waals surface area contributed by atoms with E-state index in [0.717, 1.165) is 74.7 Å². The fourth-order valence-electron chi connectivity index (χ4n) is 5.53. The van der Waals surface area contributed by atoms with Crippen LogP contribution in [0.15, 0.2) is 48.5 Å². The summed E-state index contributed by atoms with van der Waals surface area (Å²) in [7, 11) is 3.92. The second-order valence-electron chi connectivity index (χ2n) is 9.96. The van der Waals surface area contributed by atoms with Gasteiger partial charge >= 0.3 is 0 Å². The minimum Gasteiger partial charge on any atom is -0.392 e. The van der Waals surface area contributed by atoms with Crippen molar-refractivity contribution in [2.75, 3.05) is 27.2 Å². The lowest BCUT2D eigenvalue weighted by Gasteiger charge is -2.40. The number of hydrogen-bond donors (Lipinski definition) is 2. The average Bonchev–Trinajstić information content (AvgIpc) is 2.86. The Balaban J connectivity index is 1.56. The fraction of sp³-hybridized carbons (Fsp3) is 0.536. The van der Waals surface area contributed by atoms with Gasteiger partial charge in [-0.15, -0.1) is 0 Å². The van der Waals surface area contributed by atoms with Crippen molar-refractivity contribution in [3.63, 3.8) is 0 Å². The van der Waals surface area contributed by atoms with Crippen molar-refractivity contribution in [3.8, 4) is 11.1 Å². The summed E-state index contributed by atoms with van der Waals surface area (Å²) in [6, 6.07) is 16.7. The molecule has 1 saturated heterocycles. The number of hydrogen-bond acceptors (Lipinski definition) is 4. The molecule has 5 heteroatoms. The van der Waals surface area contributed by atoms with E-state index >= 15 is 0 Å². The van der Waals surface area contributed by atoms with Gasteiger partial charge in [0.25, 0.3) is 0 Å². The molecule has 1 aliphatic heterocycles. The monoisotopic (exact) mass is 450 g/mol. The Hall–Kier alpha value is -2.21. The maximum absolute atomic E-state index is 13.7. The molecule has 2 fully saturated rings. The highest BCUT2D eigenvalue weighted by Gasteiger charge is 2.42. The minimum absolute atomic E-state index is 0.0156. The third kappa shape index (κ3) is 5.65. The molecule has 1 heterocycles. The van der Waals surface area contributed by atoms with E-state index in [9.17, 15) is 9.90 Å². The quantitative estimate of drug-likeness (QED) is 0.665. The summed E-state index contributed by atoms with van der Waals surface area (Å²) in [5.41, 5.74) is 3.84. The van der Waals surface area contributed by atoms with Gasteiger partial charge in [-0.05, 0) is 87.3 Å². The summed E-state index contributed by atoms with van der Waals surface area (Å²) in [6.45, 7) is 2.09. The number of nitrogens with zero attached hydrogens (tertiary/aromatic N) is 1. The first kappa shape index (κ1) is 23.9. The highest BCUT2D eigenvalue weighted by atomic mass is 16.5. The Morgan fingerprint density at radius 3 is 2.52 bits per heavy atom.